The van der Waals surface area contributed by atoms with Crippen molar-refractivity contribution in [3.05, 3.63) is 108 Å². The Morgan fingerprint density at radius 3 is 1.97 bits per heavy atom. The fraction of sp³-hybridized carbons (Fsp3) is 0.387. The van der Waals surface area contributed by atoms with Crippen LogP contribution in [0.15, 0.2) is 91.0 Å². The van der Waals surface area contributed by atoms with Gasteiger partial charge in [0.15, 0.2) is 0 Å². The molecule has 34 heavy (non-hydrogen) atoms. The van der Waals surface area contributed by atoms with Crippen molar-refractivity contribution < 1.29 is 9.53 Å². The van der Waals surface area contributed by atoms with Gasteiger partial charge in [0.25, 0.3) is 0 Å². The molecule has 1 aliphatic carbocycles. The van der Waals surface area contributed by atoms with E-state index in [-0.39, 0.29) is 30.1 Å². The fourth-order valence-electron chi connectivity index (χ4n) is 5.48. The van der Waals surface area contributed by atoms with E-state index in [1.165, 1.54) is 12.0 Å². The van der Waals surface area contributed by atoms with E-state index in [1.807, 2.05) is 36.4 Å². The second kappa shape index (κ2) is 11.0. The average molecular weight is 456 g/mol. The molecule has 1 saturated carbocycles. The van der Waals surface area contributed by atoms with Gasteiger partial charge in [-0.15, -0.1) is 0 Å². The molecule has 0 bridgehead atoms. The minimum Gasteiger partial charge on any atom is -0.461 e. The molecule has 0 aromatic heterocycles. The SMILES string of the molecule is C[C@@H]1CC[C@@H](C(C)(C)c2ccccc2)[C@@H](OC(=O)CNC(c2ccccc2)c2ccccc2)C1. The number of hydrogen-bond acceptors (Lipinski definition) is 3. The second-order valence-corrected chi connectivity index (χ2v) is 10.3. The van der Waals surface area contributed by atoms with Gasteiger partial charge >= 0.3 is 5.97 Å². The van der Waals surface area contributed by atoms with Gasteiger partial charge in [-0.3, -0.25) is 10.1 Å². The lowest BCUT2D eigenvalue weighted by Gasteiger charge is -2.44. The second-order valence-electron chi connectivity index (χ2n) is 10.3. The number of ether oxygens (including phenoxy) is 1. The lowest BCUT2D eigenvalue weighted by molar-refractivity contribution is -0.155. The van der Waals surface area contributed by atoms with Gasteiger partial charge < -0.3 is 4.74 Å². The number of benzene rings is 3. The first kappa shape index (κ1) is 24.2. The van der Waals surface area contributed by atoms with E-state index < -0.39 is 0 Å². The molecule has 0 aliphatic heterocycles. The molecular formula is C31H37NO2. The van der Waals surface area contributed by atoms with E-state index in [0.29, 0.717) is 11.8 Å². The van der Waals surface area contributed by atoms with Crippen LogP contribution in [0.4, 0.5) is 0 Å². The molecule has 178 valence electrons. The summed E-state index contributed by atoms with van der Waals surface area (Å²) >= 11 is 0. The molecule has 3 aromatic carbocycles. The van der Waals surface area contributed by atoms with E-state index in [2.05, 4.69) is 80.7 Å². The Balaban J connectivity index is 1.46. The Morgan fingerprint density at radius 1 is 0.882 bits per heavy atom. The van der Waals surface area contributed by atoms with Crippen LogP contribution >= 0.6 is 0 Å². The number of carbonyl (C=O) groups is 1. The summed E-state index contributed by atoms with van der Waals surface area (Å²) < 4.78 is 6.20. The summed E-state index contributed by atoms with van der Waals surface area (Å²) in [5.41, 5.74) is 3.52. The molecule has 3 atom stereocenters. The zero-order chi connectivity index (χ0) is 24.0. The van der Waals surface area contributed by atoms with Crippen molar-refractivity contribution >= 4 is 5.97 Å². The largest absolute Gasteiger partial charge is 0.461 e. The quantitative estimate of drug-likeness (QED) is 0.385. The van der Waals surface area contributed by atoms with Crippen molar-refractivity contribution in [3.63, 3.8) is 0 Å². The van der Waals surface area contributed by atoms with Crippen molar-refractivity contribution in [1.29, 1.82) is 0 Å². The molecule has 3 heteroatoms. The molecule has 1 fully saturated rings. The van der Waals surface area contributed by atoms with Crippen molar-refractivity contribution in [2.45, 2.75) is 57.6 Å². The van der Waals surface area contributed by atoms with Crippen molar-refractivity contribution in [3.8, 4) is 0 Å². The highest BCUT2D eigenvalue weighted by Crippen LogP contribution is 2.43. The summed E-state index contributed by atoms with van der Waals surface area (Å²) in [5.74, 6) is 0.689. The number of esters is 1. The zero-order valence-electron chi connectivity index (χ0n) is 20.6. The van der Waals surface area contributed by atoms with Crippen molar-refractivity contribution in [2.24, 2.45) is 11.8 Å². The average Bonchev–Trinajstić information content (AvgIpc) is 2.86. The third-order valence-corrected chi connectivity index (χ3v) is 7.50. The van der Waals surface area contributed by atoms with Gasteiger partial charge in [-0.25, -0.2) is 0 Å². The summed E-state index contributed by atoms with van der Waals surface area (Å²) in [7, 11) is 0. The Hall–Kier alpha value is -2.91. The summed E-state index contributed by atoms with van der Waals surface area (Å²) in [6.45, 7) is 7.04. The normalized spacial score (nSPS) is 20.8. The molecule has 1 N–H and O–H groups in total. The number of hydrogen-bond donors (Lipinski definition) is 1. The number of rotatable bonds is 8. The molecule has 0 unspecified atom stereocenters. The van der Waals surface area contributed by atoms with Gasteiger partial charge in [0.2, 0.25) is 0 Å². The Labute approximate surface area is 204 Å². The maximum Gasteiger partial charge on any atom is 0.320 e. The predicted octanol–water partition coefficient (Wildman–Crippen LogP) is 6.69. The van der Waals surface area contributed by atoms with Gasteiger partial charge in [0, 0.05) is 5.92 Å². The van der Waals surface area contributed by atoms with Gasteiger partial charge in [-0.1, -0.05) is 118 Å². The number of nitrogens with one attached hydrogen (secondary N) is 1. The van der Waals surface area contributed by atoms with E-state index in [0.717, 1.165) is 24.0 Å². The lowest BCUT2D eigenvalue weighted by Crippen LogP contribution is -2.44. The van der Waals surface area contributed by atoms with Crippen LogP contribution in [-0.4, -0.2) is 18.6 Å². The standard InChI is InChI=1S/C31H37NO2/c1-23-19-20-27(31(2,3)26-17-11-6-12-18-26)28(21-23)34-29(33)22-32-30(24-13-7-4-8-14-24)25-15-9-5-10-16-25/h4-18,23,27-28,30,32H,19-22H2,1-3H3/t23-,27-,28+/m1/s1. The minimum absolute atomic E-state index is 0.0585. The van der Waals surface area contributed by atoms with Gasteiger partial charge in [-0.2, -0.15) is 0 Å². The van der Waals surface area contributed by atoms with E-state index in [1.54, 1.807) is 0 Å². The van der Waals surface area contributed by atoms with Crippen LogP contribution in [0.25, 0.3) is 0 Å². The van der Waals surface area contributed by atoms with Gasteiger partial charge in [0.1, 0.15) is 6.10 Å². The molecule has 3 aromatic rings. The third kappa shape index (κ3) is 5.77. The summed E-state index contributed by atoms with van der Waals surface area (Å²) in [4.78, 5) is 13.1. The molecule has 0 spiro atoms. The molecule has 1 aliphatic rings. The Morgan fingerprint density at radius 2 is 1.41 bits per heavy atom. The van der Waals surface area contributed by atoms with Crippen molar-refractivity contribution in [2.75, 3.05) is 6.54 Å². The lowest BCUT2D eigenvalue weighted by atomic mass is 9.64. The van der Waals surface area contributed by atoms with E-state index in [9.17, 15) is 4.79 Å². The predicted molar refractivity (Wildman–Crippen MR) is 139 cm³/mol. The van der Waals surface area contributed by atoms with Crippen LogP contribution in [0.2, 0.25) is 0 Å². The first-order valence-corrected chi connectivity index (χ1v) is 12.5. The Kier molecular flexibility index (Phi) is 7.84. The molecule has 0 heterocycles. The van der Waals surface area contributed by atoms with Crippen LogP contribution in [0.5, 0.6) is 0 Å². The van der Waals surface area contributed by atoms with E-state index in [4.69, 9.17) is 4.74 Å². The summed E-state index contributed by atoms with van der Waals surface area (Å²) in [6.07, 6.45) is 3.11. The minimum atomic E-state index is -0.176. The molecule has 0 saturated heterocycles. The highest BCUT2D eigenvalue weighted by molar-refractivity contribution is 5.72. The van der Waals surface area contributed by atoms with Crippen LogP contribution in [-0.2, 0) is 14.9 Å². The first-order valence-electron chi connectivity index (χ1n) is 12.5. The highest BCUT2D eigenvalue weighted by atomic mass is 16.5. The summed E-state index contributed by atoms with van der Waals surface area (Å²) in [5, 5.41) is 3.46. The van der Waals surface area contributed by atoms with Crippen LogP contribution in [0.3, 0.4) is 0 Å². The summed E-state index contributed by atoms with van der Waals surface area (Å²) in [6, 6.07) is 31.1. The maximum atomic E-state index is 13.1. The van der Waals surface area contributed by atoms with Crippen LogP contribution < -0.4 is 5.32 Å². The zero-order valence-corrected chi connectivity index (χ0v) is 20.6. The van der Waals surface area contributed by atoms with Gasteiger partial charge in [0.05, 0.1) is 12.6 Å². The number of carbonyl (C=O) groups excluding carboxylic acids is 1. The van der Waals surface area contributed by atoms with Crippen LogP contribution in [0.1, 0.15) is 62.8 Å². The maximum absolute atomic E-state index is 13.1. The fourth-order valence-corrected chi connectivity index (χ4v) is 5.48. The first-order chi connectivity index (χ1) is 16.4. The van der Waals surface area contributed by atoms with Crippen molar-refractivity contribution in [1.82, 2.24) is 5.32 Å². The molecule has 4 rings (SSSR count). The monoisotopic (exact) mass is 455 g/mol. The van der Waals surface area contributed by atoms with E-state index >= 15 is 0 Å². The highest BCUT2D eigenvalue weighted by Gasteiger charge is 2.41. The smallest absolute Gasteiger partial charge is 0.320 e. The van der Waals surface area contributed by atoms with Gasteiger partial charge in [-0.05, 0) is 40.9 Å². The topological polar surface area (TPSA) is 38.3 Å². The molecular weight excluding hydrogens is 418 g/mol. The molecule has 3 nitrogen and oxygen atoms in total. The third-order valence-electron chi connectivity index (χ3n) is 7.50. The van der Waals surface area contributed by atoms with Crippen LogP contribution in [0, 0.1) is 11.8 Å². The molecule has 0 radical (unpaired) electrons. The Bertz CT molecular complexity index is 993. The molecule has 0 amide bonds.